The van der Waals surface area contributed by atoms with Crippen LogP contribution in [0.2, 0.25) is 0 Å². The molecular formula is C13H20FNOS. The zero-order valence-corrected chi connectivity index (χ0v) is 11.2. The summed E-state index contributed by atoms with van der Waals surface area (Å²) in [4.78, 5) is 0.701. The second-order valence-electron chi connectivity index (χ2n) is 3.85. The number of halogens is 1. The number of rotatable bonds is 8. The minimum atomic E-state index is -0.149. The van der Waals surface area contributed by atoms with Gasteiger partial charge in [0.1, 0.15) is 5.82 Å². The molecule has 0 saturated carbocycles. The molecule has 0 aliphatic rings. The summed E-state index contributed by atoms with van der Waals surface area (Å²) >= 11 is 1.53. The molecule has 2 nitrogen and oxygen atoms in total. The highest BCUT2D eigenvalue weighted by Crippen LogP contribution is 2.21. The largest absolute Gasteiger partial charge is 0.383 e. The van der Waals surface area contributed by atoms with Crippen LogP contribution in [0.15, 0.2) is 29.2 Å². The summed E-state index contributed by atoms with van der Waals surface area (Å²) in [5, 5.41) is 3.39. The van der Waals surface area contributed by atoms with Crippen molar-refractivity contribution in [2.45, 2.75) is 24.3 Å². The van der Waals surface area contributed by atoms with Crippen molar-refractivity contribution in [3.8, 4) is 0 Å². The van der Waals surface area contributed by atoms with E-state index in [1.54, 1.807) is 13.2 Å². The highest BCUT2D eigenvalue weighted by Gasteiger charge is 2.09. The van der Waals surface area contributed by atoms with Crippen LogP contribution in [0.25, 0.3) is 0 Å². The van der Waals surface area contributed by atoms with Crippen LogP contribution in [-0.2, 0) is 4.74 Å². The first-order valence-corrected chi connectivity index (χ1v) is 6.86. The van der Waals surface area contributed by atoms with E-state index in [0.717, 1.165) is 18.7 Å². The summed E-state index contributed by atoms with van der Waals surface area (Å²) in [5.41, 5.74) is 0. The number of hydrogen-bond acceptors (Lipinski definition) is 3. The van der Waals surface area contributed by atoms with E-state index in [0.29, 0.717) is 11.5 Å². The summed E-state index contributed by atoms with van der Waals surface area (Å²) in [6.45, 7) is 3.74. The van der Waals surface area contributed by atoms with Crippen LogP contribution < -0.4 is 5.32 Å². The van der Waals surface area contributed by atoms with Crippen molar-refractivity contribution < 1.29 is 9.13 Å². The Hall–Kier alpha value is -0.580. The fourth-order valence-corrected chi connectivity index (χ4v) is 2.44. The van der Waals surface area contributed by atoms with Gasteiger partial charge >= 0.3 is 0 Å². The molecule has 4 heteroatoms. The van der Waals surface area contributed by atoms with E-state index in [4.69, 9.17) is 4.74 Å². The minimum absolute atomic E-state index is 0.149. The number of thioether (sulfide) groups is 1. The van der Waals surface area contributed by atoms with Gasteiger partial charge in [-0.25, -0.2) is 4.39 Å². The van der Waals surface area contributed by atoms with Crippen LogP contribution in [0.1, 0.15) is 13.3 Å². The molecule has 96 valence electrons. The van der Waals surface area contributed by atoms with Crippen molar-refractivity contribution in [3.05, 3.63) is 30.1 Å². The predicted octanol–water partition coefficient (Wildman–Crippen LogP) is 2.93. The van der Waals surface area contributed by atoms with Gasteiger partial charge in [-0.15, -0.1) is 11.8 Å². The van der Waals surface area contributed by atoms with Crippen molar-refractivity contribution in [1.82, 2.24) is 5.32 Å². The highest BCUT2D eigenvalue weighted by molar-refractivity contribution is 7.99. The van der Waals surface area contributed by atoms with Gasteiger partial charge in [-0.05, 0) is 25.1 Å². The number of nitrogens with one attached hydrogen (secondary N) is 1. The zero-order chi connectivity index (χ0) is 12.5. The summed E-state index contributed by atoms with van der Waals surface area (Å²) in [6, 6.07) is 7.14. The van der Waals surface area contributed by atoms with Gasteiger partial charge in [-0.1, -0.05) is 19.1 Å². The smallest absolute Gasteiger partial charge is 0.136 e. The molecule has 1 rings (SSSR count). The summed E-state index contributed by atoms with van der Waals surface area (Å²) in [5.74, 6) is 0.665. The SMILES string of the molecule is CCCNC(COC)CSc1ccccc1F. The van der Waals surface area contributed by atoms with Crippen LogP contribution in [0.4, 0.5) is 4.39 Å². The molecule has 17 heavy (non-hydrogen) atoms. The van der Waals surface area contributed by atoms with Gasteiger partial charge in [0.05, 0.1) is 6.61 Å². The second-order valence-corrected chi connectivity index (χ2v) is 4.91. The third kappa shape index (κ3) is 5.52. The maximum atomic E-state index is 13.4. The Labute approximate surface area is 107 Å². The molecule has 0 aromatic heterocycles. The Kier molecular flexibility index (Phi) is 7.24. The average molecular weight is 257 g/mol. The first-order valence-electron chi connectivity index (χ1n) is 5.87. The predicted molar refractivity (Wildman–Crippen MR) is 71.1 cm³/mol. The molecule has 1 unspecified atom stereocenters. The first kappa shape index (κ1) is 14.5. The van der Waals surface area contributed by atoms with E-state index in [9.17, 15) is 4.39 Å². The molecule has 0 amide bonds. The fourth-order valence-electron chi connectivity index (χ4n) is 1.47. The number of methoxy groups -OCH3 is 1. The standard InChI is InChI=1S/C13H20FNOS/c1-3-8-15-11(9-16-2)10-17-13-7-5-4-6-12(13)14/h4-7,11,15H,3,8-10H2,1-2H3. The van der Waals surface area contributed by atoms with Crippen molar-refractivity contribution in [2.24, 2.45) is 0 Å². The molecule has 1 aromatic carbocycles. The van der Waals surface area contributed by atoms with Gasteiger partial charge in [0, 0.05) is 23.8 Å². The quantitative estimate of drug-likeness (QED) is 0.724. The Bertz CT molecular complexity index is 322. The normalized spacial score (nSPS) is 12.6. The lowest BCUT2D eigenvalue weighted by atomic mass is 10.3. The topological polar surface area (TPSA) is 21.3 Å². The van der Waals surface area contributed by atoms with Gasteiger partial charge in [0.2, 0.25) is 0 Å². The molecule has 0 aliphatic heterocycles. The van der Waals surface area contributed by atoms with Crippen molar-refractivity contribution in [1.29, 1.82) is 0 Å². The molecule has 0 bridgehead atoms. The average Bonchev–Trinajstić information content (AvgIpc) is 2.34. The van der Waals surface area contributed by atoms with Crippen molar-refractivity contribution >= 4 is 11.8 Å². The molecule has 0 aliphatic carbocycles. The van der Waals surface area contributed by atoms with E-state index >= 15 is 0 Å². The molecule has 1 aromatic rings. The van der Waals surface area contributed by atoms with Gasteiger partial charge in [0.25, 0.3) is 0 Å². The molecule has 0 saturated heterocycles. The lowest BCUT2D eigenvalue weighted by Gasteiger charge is -2.17. The summed E-state index contributed by atoms with van der Waals surface area (Å²) in [7, 11) is 1.69. The van der Waals surface area contributed by atoms with Gasteiger partial charge in [-0.3, -0.25) is 0 Å². The Morgan fingerprint density at radius 1 is 1.41 bits per heavy atom. The van der Waals surface area contributed by atoms with Gasteiger partial charge in [-0.2, -0.15) is 0 Å². The zero-order valence-electron chi connectivity index (χ0n) is 10.4. The number of benzene rings is 1. The van der Waals surface area contributed by atoms with Crippen LogP contribution in [0.5, 0.6) is 0 Å². The van der Waals surface area contributed by atoms with Crippen molar-refractivity contribution in [3.63, 3.8) is 0 Å². The van der Waals surface area contributed by atoms with Gasteiger partial charge in [0.15, 0.2) is 0 Å². The van der Waals surface area contributed by atoms with Crippen molar-refractivity contribution in [2.75, 3.05) is 26.0 Å². The Morgan fingerprint density at radius 2 is 2.18 bits per heavy atom. The van der Waals surface area contributed by atoms with E-state index in [1.165, 1.54) is 17.8 Å². The number of ether oxygens (including phenoxy) is 1. The van der Waals surface area contributed by atoms with Gasteiger partial charge < -0.3 is 10.1 Å². The number of hydrogen-bond donors (Lipinski definition) is 1. The van der Waals surface area contributed by atoms with E-state index in [2.05, 4.69) is 12.2 Å². The monoisotopic (exact) mass is 257 g/mol. The summed E-state index contributed by atoms with van der Waals surface area (Å²) in [6.07, 6.45) is 1.09. The maximum absolute atomic E-state index is 13.4. The molecule has 1 N–H and O–H groups in total. The Morgan fingerprint density at radius 3 is 2.82 bits per heavy atom. The van der Waals surface area contributed by atoms with Crippen LogP contribution in [-0.4, -0.2) is 32.1 Å². The molecule has 0 spiro atoms. The maximum Gasteiger partial charge on any atom is 0.136 e. The van der Waals surface area contributed by atoms with Crippen LogP contribution >= 0.6 is 11.8 Å². The van der Waals surface area contributed by atoms with E-state index < -0.39 is 0 Å². The molecule has 0 fully saturated rings. The minimum Gasteiger partial charge on any atom is -0.383 e. The molecule has 0 radical (unpaired) electrons. The third-order valence-corrected chi connectivity index (χ3v) is 3.54. The lowest BCUT2D eigenvalue weighted by Crippen LogP contribution is -2.35. The third-order valence-electron chi connectivity index (χ3n) is 2.33. The van der Waals surface area contributed by atoms with E-state index in [1.807, 2.05) is 12.1 Å². The van der Waals surface area contributed by atoms with Crippen LogP contribution in [0, 0.1) is 5.82 Å². The fraction of sp³-hybridized carbons (Fsp3) is 0.538. The Balaban J connectivity index is 2.42. The highest BCUT2D eigenvalue weighted by atomic mass is 32.2. The summed E-state index contributed by atoms with van der Waals surface area (Å²) < 4.78 is 18.6. The molecular weight excluding hydrogens is 237 g/mol. The van der Waals surface area contributed by atoms with Crippen LogP contribution in [0.3, 0.4) is 0 Å². The molecule has 1 atom stereocenters. The first-order chi connectivity index (χ1) is 8.27. The second kappa shape index (κ2) is 8.50. The van der Waals surface area contributed by atoms with E-state index in [-0.39, 0.29) is 11.9 Å². The lowest BCUT2D eigenvalue weighted by molar-refractivity contribution is 0.174. The molecule has 0 heterocycles.